The van der Waals surface area contributed by atoms with Crippen LogP contribution < -0.4 is 0 Å². The van der Waals surface area contributed by atoms with Crippen LogP contribution in [0.25, 0.3) is 20.4 Å². The quantitative estimate of drug-likeness (QED) is 0.285. The summed E-state index contributed by atoms with van der Waals surface area (Å²) >= 11 is 3.61. The predicted octanol–water partition coefficient (Wildman–Crippen LogP) is 6.07. The number of unbranched alkanes of at least 4 members (excludes halogenated alkanes) is 3. The average Bonchev–Trinajstić information content (AvgIpc) is 2.96. The molecular formula is C21H27N3OS2. The Labute approximate surface area is 169 Å². The Balaban J connectivity index is 1.71. The van der Waals surface area contributed by atoms with Gasteiger partial charge in [-0.25, -0.2) is 15.0 Å². The van der Waals surface area contributed by atoms with Gasteiger partial charge in [0, 0.05) is 17.4 Å². The lowest BCUT2D eigenvalue weighted by Gasteiger charge is -2.30. The summed E-state index contributed by atoms with van der Waals surface area (Å²) in [6, 6.07) is 2.24. The first-order valence-electron chi connectivity index (χ1n) is 9.83. The van der Waals surface area contributed by atoms with Crippen LogP contribution in [0.15, 0.2) is 11.1 Å². The molecule has 3 aromatic heterocycles. The van der Waals surface area contributed by atoms with Gasteiger partial charge in [0.05, 0.1) is 28.1 Å². The highest BCUT2D eigenvalue weighted by atomic mass is 32.2. The van der Waals surface area contributed by atoms with Crippen LogP contribution in [-0.2, 0) is 17.8 Å². The van der Waals surface area contributed by atoms with Crippen LogP contribution in [0.4, 0.5) is 0 Å². The molecule has 3 aromatic rings. The van der Waals surface area contributed by atoms with Crippen molar-refractivity contribution in [3.8, 4) is 0 Å². The monoisotopic (exact) mass is 401 g/mol. The average molecular weight is 402 g/mol. The van der Waals surface area contributed by atoms with Crippen molar-refractivity contribution >= 4 is 43.5 Å². The SMILES string of the molecule is CCCCCCSc1nc(C)nc2c1sc1nc3c(cc12)COC(C)(C)C3. The molecule has 0 aliphatic carbocycles. The number of hydrogen-bond donors (Lipinski definition) is 0. The molecule has 0 spiro atoms. The van der Waals surface area contributed by atoms with E-state index in [9.17, 15) is 0 Å². The van der Waals surface area contributed by atoms with Gasteiger partial charge in [-0.1, -0.05) is 26.2 Å². The van der Waals surface area contributed by atoms with Crippen molar-refractivity contribution < 1.29 is 4.74 Å². The molecule has 6 heteroatoms. The minimum absolute atomic E-state index is 0.139. The van der Waals surface area contributed by atoms with E-state index in [-0.39, 0.29) is 5.60 Å². The summed E-state index contributed by atoms with van der Waals surface area (Å²) in [6.45, 7) is 9.14. The summed E-state index contributed by atoms with van der Waals surface area (Å²) in [5, 5.41) is 2.27. The molecule has 4 rings (SSSR count). The Morgan fingerprint density at radius 3 is 2.85 bits per heavy atom. The van der Waals surface area contributed by atoms with Crippen molar-refractivity contribution in [3.05, 3.63) is 23.1 Å². The Kier molecular flexibility index (Phi) is 5.41. The molecular weight excluding hydrogens is 374 g/mol. The molecule has 0 fully saturated rings. The second kappa shape index (κ2) is 7.64. The van der Waals surface area contributed by atoms with Gasteiger partial charge in [-0.15, -0.1) is 23.1 Å². The lowest BCUT2D eigenvalue weighted by molar-refractivity contribution is -0.0411. The van der Waals surface area contributed by atoms with E-state index in [4.69, 9.17) is 19.7 Å². The zero-order valence-electron chi connectivity index (χ0n) is 16.6. The fraction of sp³-hybridized carbons (Fsp3) is 0.571. The van der Waals surface area contributed by atoms with Crippen LogP contribution in [0.1, 0.15) is 63.5 Å². The molecule has 0 bridgehead atoms. The number of ether oxygens (including phenoxy) is 1. The molecule has 4 nitrogen and oxygen atoms in total. The number of thiophene rings is 1. The second-order valence-electron chi connectivity index (χ2n) is 7.94. The molecule has 1 aliphatic heterocycles. The molecule has 0 atom stereocenters. The van der Waals surface area contributed by atoms with Crippen molar-refractivity contribution in [1.82, 2.24) is 15.0 Å². The van der Waals surface area contributed by atoms with Crippen molar-refractivity contribution in [2.45, 2.75) is 77.0 Å². The number of nitrogens with zero attached hydrogens (tertiary/aromatic N) is 3. The normalized spacial score (nSPS) is 16.1. The fourth-order valence-electron chi connectivity index (χ4n) is 3.53. The van der Waals surface area contributed by atoms with Gasteiger partial charge in [-0.05, 0) is 39.0 Å². The van der Waals surface area contributed by atoms with Gasteiger partial charge in [0.2, 0.25) is 0 Å². The highest BCUT2D eigenvalue weighted by Crippen LogP contribution is 2.39. The minimum atomic E-state index is -0.139. The van der Waals surface area contributed by atoms with Gasteiger partial charge in [0.15, 0.2) is 0 Å². The topological polar surface area (TPSA) is 47.9 Å². The third kappa shape index (κ3) is 3.98. The minimum Gasteiger partial charge on any atom is -0.370 e. The molecule has 4 heterocycles. The molecule has 27 heavy (non-hydrogen) atoms. The number of pyridine rings is 1. The summed E-state index contributed by atoms with van der Waals surface area (Å²) in [4.78, 5) is 15.6. The zero-order valence-corrected chi connectivity index (χ0v) is 18.2. The van der Waals surface area contributed by atoms with Crippen LogP contribution in [0, 0.1) is 6.92 Å². The zero-order chi connectivity index (χ0) is 19.0. The second-order valence-corrected chi connectivity index (χ2v) is 10.0. The molecule has 0 saturated heterocycles. The van der Waals surface area contributed by atoms with Gasteiger partial charge in [0.25, 0.3) is 0 Å². The van der Waals surface area contributed by atoms with Crippen LogP contribution >= 0.6 is 23.1 Å². The molecule has 0 saturated carbocycles. The fourth-order valence-corrected chi connectivity index (χ4v) is 5.80. The summed E-state index contributed by atoms with van der Waals surface area (Å²) in [7, 11) is 0. The smallest absolute Gasteiger partial charge is 0.127 e. The van der Waals surface area contributed by atoms with E-state index in [0.717, 1.165) is 38.8 Å². The Hall–Kier alpha value is -1.24. The van der Waals surface area contributed by atoms with E-state index in [2.05, 4.69) is 26.8 Å². The summed E-state index contributed by atoms with van der Waals surface area (Å²) in [6.07, 6.45) is 5.99. The number of rotatable bonds is 6. The van der Waals surface area contributed by atoms with Crippen LogP contribution in [0.2, 0.25) is 0 Å². The largest absolute Gasteiger partial charge is 0.370 e. The molecule has 1 aliphatic rings. The summed E-state index contributed by atoms with van der Waals surface area (Å²) in [5.74, 6) is 1.96. The number of thioether (sulfide) groups is 1. The summed E-state index contributed by atoms with van der Waals surface area (Å²) < 4.78 is 7.17. The molecule has 144 valence electrons. The third-order valence-corrected chi connectivity index (χ3v) is 7.29. The standard InChI is InChI=1S/C21H27N3OS2/c1-5-6-7-8-9-26-20-18-17(22-13(2)23-20)15-10-14-12-25-21(3,4)11-16(14)24-19(15)27-18/h10H,5-9,11-12H2,1-4H3. The van der Waals surface area contributed by atoms with Crippen LogP contribution in [0.5, 0.6) is 0 Å². The third-order valence-electron chi connectivity index (χ3n) is 5.00. The van der Waals surface area contributed by atoms with E-state index in [0.29, 0.717) is 6.61 Å². The predicted molar refractivity (Wildman–Crippen MR) is 115 cm³/mol. The lowest BCUT2D eigenvalue weighted by atomic mass is 9.95. The van der Waals surface area contributed by atoms with E-state index < -0.39 is 0 Å². The van der Waals surface area contributed by atoms with Crippen molar-refractivity contribution in [1.29, 1.82) is 0 Å². The van der Waals surface area contributed by atoms with Gasteiger partial charge >= 0.3 is 0 Å². The van der Waals surface area contributed by atoms with E-state index in [1.54, 1.807) is 11.3 Å². The van der Waals surface area contributed by atoms with Crippen molar-refractivity contribution in [3.63, 3.8) is 0 Å². The van der Waals surface area contributed by atoms with Crippen molar-refractivity contribution in [2.75, 3.05) is 5.75 Å². The van der Waals surface area contributed by atoms with Gasteiger partial charge in [-0.3, -0.25) is 0 Å². The Morgan fingerprint density at radius 1 is 1.19 bits per heavy atom. The van der Waals surface area contributed by atoms with E-state index >= 15 is 0 Å². The van der Waals surface area contributed by atoms with Gasteiger partial charge < -0.3 is 4.74 Å². The first-order valence-corrected chi connectivity index (χ1v) is 11.6. The highest BCUT2D eigenvalue weighted by Gasteiger charge is 2.28. The van der Waals surface area contributed by atoms with Gasteiger partial charge in [0.1, 0.15) is 15.7 Å². The number of fused-ring (bicyclic) bond motifs is 4. The summed E-state index contributed by atoms with van der Waals surface area (Å²) in [5.41, 5.74) is 3.29. The van der Waals surface area contributed by atoms with E-state index in [1.165, 1.54) is 41.6 Å². The highest BCUT2D eigenvalue weighted by molar-refractivity contribution is 7.99. The number of aryl methyl sites for hydroxylation is 1. The molecule has 0 radical (unpaired) electrons. The number of hydrogen-bond acceptors (Lipinski definition) is 6. The van der Waals surface area contributed by atoms with Crippen LogP contribution in [0.3, 0.4) is 0 Å². The van der Waals surface area contributed by atoms with Crippen molar-refractivity contribution in [2.24, 2.45) is 0 Å². The van der Waals surface area contributed by atoms with Gasteiger partial charge in [-0.2, -0.15) is 0 Å². The first-order chi connectivity index (χ1) is 13.0. The first kappa shape index (κ1) is 19.1. The molecule has 0 N–H and O–H groups in total. The molecule has 0 unspecified atom stereocenters. The molecule has 0 aromatic carbocycles. The maximum absolute atomic E-state index is 5.99. The van der Waals surface area contributed by atoms with E-state index in [1.807, 2.05) is 18.7 Å². The Morgan fingerprint density at radius 2 is 2.04 bits per heavy atom. The molecule has 0 amide bonds. The maximum Gasteiger partial charge on any atom is 0.127 e. The maximum atomic E-state index is 5.99. The van der Waals surface area contributed by atoms with Crippen LogP contribution in [-0.4, -0.2) is 26.3 Å². The number of aromatic nitrogens is 3. The Bertz CT molecular complexity index is 981. The lowest BCUT2D eigenvalue weighted by Crippen LogP contribution is -2.32.